The molecule has 1 saturated heterocycles. The summed E-state index contributed by atoms with van der Waals surface area (Å²) in [5.74, 6) is 0.748. The lowest BCUT2D eigenvalue weighted by Crippen LogP contribution is -2.35. The minimum absolute atomic E-state index is 0.170. The lowest BCUT2D eigenvalue weighted by atomic mass is 10.1. The van der Waals surface area contributed by atoms with Gasteiger partial charge in [-0.3, -0.25) is 4.79 Å². The number of hydrogen-bond donors (Lipinski definition) is 0. The highest BCUT2D eigenvalue weighted by Crippen LogP contribution is 2.19. The van der Waals surface area contributed by atoms with Crippen molar-refractivity contribution >= 4 is 5.97 Å². The molecular weight excluding hydrogens is 254 g/mol. The second kappa shape index (κ2) is 7.29. The lowest BCUT2D eigenvalue weighted by Gasteiger charge is -2.29. The SMILES string of the molecule is COC(=O)CCc1ccc(OC2CCN(C)CC2)cc1. The van der Waals surface area contributed by atoms with Gasteiger partial charge >= 0.3 is 5.97 Å². The number of likely N-dealkylation sites (tertiary alicyclic amines) is 1. The number of hydrogen-bond acceptors (Lipinski definition) is 4. The molecule has 0 aromatic heterocycles. The Hall–Kier alpha value is -1.55. The molecule has 1 aromatic carbocycles. The van der Waals surface area contributed by atoms with E-state index >= 15 is 0 Å². The van der Waals surface area contributed by atoms with Crippen LogP contribution in [0, 0.1) is 0 Å². The van der Waals surface area contributed by atoms with Crippen LogP contribution in [-0.4, -0.2) is 44.2 Å². The topological polar surface area (TPSA) is 38.8 Å². The largest absolute Gasteiger partial charge is 0.490 e. The molecule has 0 saturated carbocycles. The highest BCUT2D eigenvalue weighted by Gasteiger charge is 2.17. The minimum atomic E-state index is -0.170. The smallest absolute Gasteiger partial charge is 0.305 e. The molecule has 2 rings (SSSR count). The average molecular weight is 277 g/mol. The maximum absolute atomic E-state index is 11.1. The highest BCUT2D eigenvalue weighted by atomic mass is 16.5. The van der Waals surface area contributed by atoms with E-state index < -0.39 is 0 Å². The number of rotatable bonds is 5. The normalized spacial score (nSPS) is 16.9. The second-order valence-electron chi connectivity index (χ2n) is 5.34. The average Bonchev–Trinajstić information content (AvgIpc) is 2.48. The number of benzene rings is 1. The third kappa shape index (κ3) is 4.53. The van der Waals surface area contributed by atoms with Crippen LogP contribution in [-0.2, 0) is 16.0 Å². The summed E-state index contributed by atoms with van der Waals surface area (Å²) in [5.41, 5.74) is 1.13. The summed E-state index contributed by atoms with van der Waals surface area (Å²) in [6, 6.07) is 8.02. The van der Waals surface area contributed by atoms with Crippen LogP contribution in [0.4, 0.5) is 0 Å². The molecule has 4 heteroatoms. The molecule has 0 amide bonds. The molecule has 1 heterocycles. The first-order valence-electron chi connectivity index (χ1n) is 7.18. The van der Waals surface area contributed by atoms with E-state index in [1.54, 1.807) is 0 Å². The van der Waals surface area contributed by atoms with Crippen LogP contribution in [0.5, 0.6) is 5.75 Å². The summed E-state index contributed by atoms with van der Waals surface area (Å²) in [6.45, 7) is 2.20. The summed E-state index contributed by atoms with van der Waals surface area (Å²) in [5, 5.41) is 0. The first kappa shape index (κ1) is 14.9. The highest BCUT2D eigenvalue weighted by molar-refractivity contribution is 5.69. The van der Waals surface area contributed by atoms with Crippen LogP contribution in [0.3, 0.4) is 0 Å². The predicted octanol–water partition coefficient (Wildman–Crippen LogP) is 2.27. The van der Waals surface area contributed by atoms with E-state index in [9.17, 15) is 4.79 Å². The number of aryl methyl sites for hydroxylation is 1. The zero-order valence-electron chi connectivity index (χ0n) is 12.3. The number of nitrogens with zero attached hydrogens (tertiary/aromatic N) is 1. The summed E-state index contributed by atoms with van der Waals surface area (Å²) in [7, 11) is 3.56. The fourth-order valence-electron chi connectivity index (χ4n) is 2.38. The third-order valence-corrected chi connectivity index (χ3v) is 3.74. The van der Waals surface area contributed by atoms with E-state index in [0.29, 0.717) is 18.9 Å². The van der Waals surface area contributed by atoms with E-state index in [-0.39, 0.29) is 5.97 Å². The van der Waals surface area contributed by atoms with Gasteiger partial charge in [0.1, 0.15) is 11.9 Å². The molecule has 1 aliphatic heterocycles. The second-order valence-corrected chi connectivity index (χ2v) is 5.34. The van der Waals surface area contributed by atoms with Crippen molar-refractivity contribution < 1.29 is 14.3 Å². The fourth-order valence-corrected chi connectivity index (χ4v) is 2.38. The van der Waals surface area contributed by atoms with Gasteiger partial charge in [-0.25, -0.2) is 0 Å². The lowest BCUT2D eigenvalue weighted by molar-refractivity contribution is -0.140. The number of carbonyl (C=O) groups is 1. The van der Waals surface area contributed by atoms with Crippen molar-refractivity contribution in [1.29, 1.82) is 0 Å². The number of piperidine rings is 1. The van der Waals surface area contributed by atoms with Crippen molar-refractivity contribution in [3.05, 3.63) is 29.8 Å². The Morgan fingerprint density at radius 1 is 1.25 bits per heavy atom. The van der Waals surface area contributed by atoms with Gasteiger partial charge in [-0.2, -0.15) is 0 Å². The van der Waals surface area contributed by atoms with Gasteiger partial charge in [-0.1, -0.05) is 12.1 Å². The van der Waals surface area contributed by atoms with Crippen LogP contribution >= 0.6 is 0 Å². The Morgan fingerprint density at radius 3 is 2.50 bits per heavy atom. The van der Waals surface area contributed by atoms with Gasteiger partial charge in [0.25, 0.3) is 0 Å². The standard InChI is InChI=1S/C16H23NO3/c1-17-11-9-15(10-12-17)20-14-6-3-13(4-7-14)5-8-16(18)19-2/h3-4,6-7,15H,5,8-12H2,1-2H3. The van der Waals surface area contributed by atoms with Gasteiger partial charge in [-0.05, 0) is 44.0 Å². The van der Waals surface area contributed by atoms with Crippen LogP contribution in [0.2, 0.25) is 0 Å². The summed E-state index contributed by atoms with van der Waals surface area (Å²) in [4.78, 5) is 13.4. The van der Waals surface area contributed by atoms with E-state index in [2.05, 4.69) is 16.7 Å². The van der Waals surface area contributed by atoms with Gasteiger partial charge in [0.15, 0.2) is 0 Å². The van der Waals surface area contributed by atoms with Gasteiger partial charge < -0.3 is 14.4 Å². The van der Waals surface area contributed by atoms with Crippen molar-refractivity contribution in [2.45, 2.75) is 31.8 Å². The van der Waals surface area contributed by atoms with Crippen molar-refractivity contribution in [3.8, 4) is 5.75 Å². The van der Waals surface area contributed by atoms with E-state index in [1.165, 1.54) is 7.11 Å². The van der Waals surface area contributed by atoms with Crippen LogP contribution < -0.4 is 4.74 Å². The number of carbonyl (C=O) groups excluding carboxylic acids is 1. The number of methoxy groups -OCH3 is 1. The molecule has 0 radical (unpaired) electrons. The molecule has 110 valence electrons. The summed E-state index contributed by atoms with van der Waals surface area (Å²) < 4.78 is 10.6. The molecule has 0 spiro atoms. The zero-order valence-corrected chi connectivity index (χ0v) is 12.3. The Balaban J connectivity index is 1.80. The van der Waals surface area contributed by atoms with E-state index in [4.69, 9.17) is 4.74 Å². The van der Waals surface area contributed by atoms with Crippen molar-refractivity contribution in [2.75, 3.05) is 27.2 Å². The van der Waals surface area contributed by atoms with Crippen molar-refractivity contribution in [3.63, 3.8) is 0 Å². The first-order chi connectivity index (χ1) is 9.67. The molecule has 4 nitrogen and oxygen atoms in total. The number of esters is 1. The molecule has 0 bridgehead atoms. The molecule has 1 aliphatic rings. The zero-order chi connectivity index (χ0) is 14.4. The molecule has 0 N–H and O–H groups in total. The van der Waals surface area contributed by atoms with Gasteiger partial charge in [0.2, 0.25) is 0 Å². The molecule has 20 heavy (non-hydrogen) atoms. The molecule has 0 atom stereocenters. The van der Waals surface area contributed by atoms with Crippen molar-refractivity contribution in [1.82, 2.24) is 4.90 Å². The fraction of sp³-hybridized carbons (Fsp3) is 0.562. The molecule has 0 unspecified atom stereocenters. The Morgan fingerprint density at radius 2 is 1.90 bits per heavy atom. The summed E-state index contributed by atoms with van der Waals surface area (Å²) in [6.07, 6.45) is 3.63. The molecule has 1 aromatic rings. The van der Waals surface area contributed by atoms with Gasteiger partial charge in [0.05, 0.1) is 7.11 Å². The Bertz CT molecular complexity index is 422. The minimum Gasteiger partial charge on any atom is -0.490 e. The first-order valence-corrected chi connectivity index (χ1v) is 7.18. The molecular formula is C16H23NO3. The number of ether oxygens (including phenoxy) is 2. The maximum Gasteiger partial charge on any atom is 0.305 e. The maximum atomic E-state index is 11.1. The van der Waals surface area contributed by atoms with Crippen LogP contribution in [0.25, 0.3) is 0 Å². The quantitative estimate of drug-likeness (QED) is 0.774. The monoisotopic (exact) mass is 277 g/mol. The van der Waals surface area contributed by atoms with Crippen molar-refractivity contribution in [2.24, 2.45) is 0 Å². The van der Waals surface area contributed by atoms with Gasteiger partial charge in [0, 0.05) is 19.5 Å². The molecule has 0 aliphatic carbocycles. The predicted molar refractivity (Wildman–Crippen MR) is 77.9 cm³/mol. The van der Waals surface area contributed by atoms with Crippen LogP contribution in [0.1, 0.15) is 24.8 Å². The van der Waals surface area contributed by atoms with E-state index in [0.717, 1.165) is 37.2 Å². The van der Waals surface area contributed by atoms with Gasteiger partial charge in [-0.15, -0.1) is 0 Å². The summed E-state index contributed by atoms with van der Waals surface area (Å²) >= 11 is 0. The van der Waals surface area contributed by atoms with Crippen LogP contribution in [0.15, 0.2) is 24.3 Å². The van der Waals surface area contributed by atoms with E-state index in [1.807, 2.05) is 24.3 Å². The third-order valence-electron chi connectivity index (χ3n) is 3.74. The molecule has 1 fully saturated rings. The Labute approximate surface area is 120 Å². The Kier molecular flexibility index (Phi) is 5.41.